The maximum Gasteiger partial charge on any atom is 0.336 e. The number of hydrogen-bond acceptors (Lipinski definition) is 7. The normalized spacial score (nSPS) is 15.5. The second kappa shape index (κ2) is 6.89. The summed E-state index contributed by atoms with van der Waals surface area (Å²) in [6.45, 7) is -0.802. The molecule has 0 radical (unpaired) electrons. The topological polar surface area (TPSA) is 167 Å². The molecule has 2 unspecified atom stereocenters. The number of carbonyl (C=O) groups excluding carboxylic acids is 1. The van der Waals surface area contributed by atoms with Crippen molar-refractivity contribution < 1.29 is 39.5 Å². The molecule has 0 aliphatic rings. The average Bonchev–Trinajstić information content (AvgIpc) is 2.24. The standard InChI is InChI=1S/C9H15NO8/c10-5(3-11)4-18-7(14)2-9(17,8(15)16)1-6(12)13/h5,11,17H,1-4,10H2,(H,12,13)(H,15,16). The molecule has 0 aliphatic heterocycles. The molecule has 0 amide bonds. The van der Waals surface area contributed by atoms with Gasteiger partial charge in [-0.2, -0.15) is 0 Å². The van der Waals surface area contributed by atoms with Crippen LogP contribution in [0.2, 0.25) is 0 Å². The third kappa shape index (κ3) is 5.57. The summed E-state index contributed by atoms with van der Waals surface area (Å²) in [5.74, 6) is -4.53. The van der Waals surface area contributed by atoms with E-state index in [9.17, 15) is 19.5 Å². The van der Waals surface area contributed by atoms with Crippen LogP contribution in [0.3, 0.4) is 0 Å². The predicted molar refractivity (Wildman–Crippen MR) is 55.5 cm³/mol. The van der Waals surface area contributed by atoms with Crippen LogP contribution in [0.5, 0.6) is 0 Å². The molecule has 0 aliphatic carbocycles. The largest absolute Gasteiger partial charge is 0.481 e. The number of carbonyl (C=O) groups is 3. The molecule has 18 heavy (non-hydrogen) atoms. The molecular weight excluding hydrogens is 250 g/mol. The fourth-order valence-electron chi connectivity index (χ4n) is 1.01. The Kier molecular flexibility index (Phi) is 6.23. The van der Waals surface area contributed by atoms with Crippen molar-refractivity contribution in [2.45, 2.75) is 24.5 Å². The molecule has 104 valence electrons. The van der Waals surface area contributed by atoms with E-state index < -0.39 is 49.0 Å². The predicted octanol–water partition coefficient (Wildman–Crippen LogP) is -2.47. The lowest BCUT2D eigenvalue weighted by Crippen LogP contribution is -2.43. The summed E-state index contributed by atoms with van der Waals surface area (Å²) in [5.41, 5.74) is 2.50. The van der Waals surface area contributed by atoms with E-state index in [4.69, 9.17) is 21.1 Å². The Morgan fingerprint density at radius 2 is 1.78 bits per heavy atom. The second-order valence-corrected chi connectivity index (χ2v) is 3.71. The van der Waals surface area contributed by atoms with Gasteiger partial charge in [0.25, 0.3) is 0 Å². The van der Waals surface area contributed by atoms with Crippen LogP contribution in [0.15, 0.2) is 0 Å². The van der Waals surface area contributed by atoms with Gasteiger partial charge < -0.3 is 30.9 Å². The summed E-state index contributed by atoms with van der Waals surface area (Å²) in [7, 11) is 0. The Balaban J connectivity index is 4.46. The number of carboxylic acid groups (broad SMARTS) is 2. The number of nitrogens with two attached hydrogens (primary N) is 1. The zero-order valence-electron chi connectivity index (χ0n) is 9.40. The Morgan fingerprint density at radius 3 is 2.17 bits per heavy atom. The number of hydrogen-bond donors (Lipinski definition) is 5. The minimum Gasteiger partial charge on any atom is -0.481 e. The van der Waals surface area contributed by atoms with Crippen LogP contribution < -0.4 is 5.73 Å². The Hall–Kier alpha value is -1.71. The second-order valence-electron chi connectivity index (χ2n) is 3.71. The van der Waals surface area contributed by atoms with E-state index in [1.165, 1.54) is 0 Å². The zero-order valence-corrected chi connectivity index (χ0v) is 9.40. The Bertz CT molecular complexity index is 331. The minimum atomic E-state index is -2.73. The van der Waals surface area contributed by atoms with E-state index in [1.807, 2.05) is 0 Å². The van der Waals surface area contributed by atoms with Gasteiger partial charge in [-0.05, 0) is 0 Å². The smallest absolute Gasteiger partial charge is 0.336 e. The number of ether oxygens (including phenoxy) is 1. The van der Waals surface area contributed by atoms with Crippen molar-refractivity contribution in [2.75, 3.05) is 13.2 Å². The average molecular weight is 265 g/mol. The molecular formula is C9H15NO8. The molecule has 0 fully saturated rings. The number of rotatable bonds is 8. The number of aliphatic hydroxyl groups is 2. The van der Waals surface area contributed by atoms with Crippen molar-refractivity contribution in [3.63, 3.8) is 0 Å². The molecule has 9 nitrogen and oxygen atoms in total. The number of aliphatic hydroxyl groups excluding tert-OH is 1. The third-order valence-corrected chi connectivity index (χ3v) is 1.97. The molecule has 0 aromatic carbocycles. The Labute approximate surface area is 102 Å². The van der Waals surface area contributed by atoms with E-state index in [2.05, 4.69) is 4.74 Å². The maximum atomic E-state index is 11.2. The van der Waals surface area contributed by atoms with Crippen LogP contribution in [0.1, 0.15) is 12.8 Å². The molecule has 6 N–H and O–H groups in total. The van der Waals surface area contributed by atoms with Crippen LogP contribution in [0, 0.1) is 0 Å². The van der Waals surface area contributed by atoms with Crippen molar-refractivity contribution >= 4 is 17.9 Å². The van der Waals surface area contributed by atoms with Gasteiger partial charge in [0.2, 0.25) is 0 Å². The van der Waals surface area contributed by atoms with Crippen molar-refractivity contribution in [1.29, 1.82) is 0 Å². The summed E-state index contributed by atoms with van der Waals surface area (Å²) in [6, 6.07) is -0.827. The molecule has 0 aromatic rings. The number of carboxylic acids is 2. The highest BCUT2D eigenvalue weighted by Gasteiger charge is 2.41. The first kappa shape index (κ1) is 16.3. The monoisotopic (exact) mass is 265 g/mol. The van der Waals surface area contributed by atoms with Gasteiger partial charge in [0, 0.05) is 0 Å². The third-order valence-electron chi connectivity index (χ3n) is 1.97. The zero-order chi connectivity index (χ0) is 14.3. The lowest BCUT2D eigenvalue weighted by Gasteiger charge is -2.20. The van der Waals surface area contributed by atoms with Crippen LogP contribution in [-0.4, -0.2) is 63.2 Å². The van der Waals surface area contributed by atoms with E-state index >= 15 is 0 Å². The quantitative estimate of drug-likeness (QED) is 0.298. The van der Waals surface area contributed by atoms with Crippen LogP contribution in [0.4, 0.5) is 0 Å². The fraction of sp³-hybridized carbons (Fsp3) is 0.667. The van der Waals surface area contributed by atoms with E-state index in [0.29, 0.717) is 0 Å². The van der Waals surface area contributed by atoms with Gasteiger partial charge in [0.05, 0.1) is 25.5 Å². The maximum absolute atomic E-state index is 11.2. The van der Waals surface area contributed by atoms with Crippen LogP contribution in [0.25, 0.3) is 0 Å². The summed E-state index contributed by atoms with van der Waals surface area (Å²) < 4.78 is 4.48. The molecule has 9 heteroatoms. The highest BCUT2D eigenvalue weighted by atomic mass is 16.5. The first-order valence-corrected chi connectivity index (χ1v) is 4.91. The van der Waals surface area contributed by atoms with Crippen molar-refractivity contribution in [1.82, 2.24) is 0 Å². The summed E-state index contributed by atoms with van der Waals surface area (Å²) in [5, 5.41) is 35.1. The molecule has 0 bridgehead atoms. The van der Waals surface area contributed by atoms with Crippen molar-refractivity contribution in [2.24, 2.45) is 5.73 Å². The molecule has 0 saturated heterocycles. The number of aliphatic carboxylic acids is 2. The van der Waals surface area contributed by atoms with Crippen molar-refractivity contribution in [3.8, 4) is 0 Å². The molecule has 0 heterocycles. The molecule has 0 spiro atoms. The van der Waals surface area contributed by atoms with E-state index in [0.717, 1.165) is 0 Å². The first-order valence-electron chi connectivity index (χ1n) is 4.91. The van der Waals surface area contributed by atoms with Crippen LogP contribution >= 0.6 is 0 Å². The summed E-state index contributed by atoms with van der Waals surface area (Å²) in [4.78, 5) is 32.3. The lowest BCUT2D eigenvalue weighted by molar-refractivity contribution is -0.172. The molecule has 0 saturated carbocycles. The molecule has 2 atom stereocenters. The number of esters is 1. The lowest BCUT2D eigenvalue weighted by atomic mass is 9.96. The van der Waals surface area contributed by atoms with Gasteiger partial charge in [-0.25, -0.2) is 4.79 Å². The molecule has 0 aromatic heterocycles. The van der Waals surface area contributed by atoms with Crippen LogP contribution in [-0.2, 0) is 19.1 Å². The van der Waals surface area contributed by atoms with E-state index in [1.54, 1.807) is 0 Å². The van der Waals surface area contributed by atoms with Gasteiger partial charge in [0.1, 0.15) is 6.61 Å². The van der Waals surface area contributed by atoms with Gasteiger partial charge in [-0.3, -0.25) is 9.59 Å². The highest BCUT2D eigenvalue weighted by molar-refractivity contribution is 5.88. The van der Waals surface area contributed by atoms with Gasteiger partial charge in [-0.1, -0.05) is 0 Å². The summed E-state index contributed by atoms with van der Waals surface area (Å²) >= 11 is 0. The first-order chi connectivity index (χ1) is 8.21. The van der Waals surface area contributed by atoms with Gasteiger partial charge in [-0.15, -0.1) is 0 Å². The summed E-state index contributed by atoms with van der Waals surface area (Å²) in [6.07, 6.45) is -2.16. The minimum absolute atomic E-state index is 0.363. The molecule has 0 rings (SSSR count). The highest BCUT2D eigenvalue weighted by Crippen LogP contribution is 2.17. The van der Waals surface area contributed by atoms with E-state index in [-0.39, 0.29) is 6.61 Å². The SMILES string of the molecule is NC(CO)COC(=O)CC(O)(CC(=O)O)C(=O)O. The fourth-order valence-corrected chi connectivity index (χ4v) is 1.01. The van der Waals surface area contributed by atoms with Crippen molar-refractivity contribution in [3.05, 3.63) is 0 Å². The van der Waals surface area contributed by atoms with Gasteiger partial charge >= 0.3 is 17.9 Å². The Morgan fingerprint density at radius 1 is 1.22 bits per heavy atom. The van der Waals surface area contributed by atoms with Gasteiger partial charge in [0.15, 0.2) is 5.60 Å².